The molecule has 2 aliphatic rings. The number of hydrogen-bond acceptors (Lipinski definition) is 8. The summed E-state index contributed by atoms with van der Waals surface area (Å²) in [4.78, 5) is 42.1. The maximum atomic E-state index is 13.2. The molecule has 0 aromatic carbocycles. The Balaban J connectivity index is 1.75. The van der Waals surface area contributed by atoms with Crippen LogP contribution in [0.15, 0.2) is 12.3 Å². The van der Waals surface area contributed by atoms with Crippen molar-refractivity contribution in [3.8, 4) is 11.5 Å². The second kappa shape index (κ2) is 14.3. The molecule has 1 aromatic heterocycles. The molecule has 1 saturated heterocycles. The average Bonchev–Trinajstić information content (AvgIpc) is 3.38. The molecule has 0 spiro atoms. The molecule has 0 bridgehead atoms. The zero-order chi connectivity index (χ0) is 26.8. The Morgan fingerprint density at radius 3 is 2.51 bits per heavy atom. The van der Waals surface area contributed by atoms with Gasteiger partial charge in [0.2, 0.25) is 5.75 Å². The number of cyclic esters (lactones) is 1. The Bertz CT molecular complexity index is 916. The standard InChI is InChI=1S/C28H42N2O7/c1-5-16-35-25-18(2)36-28(33)22(13-9-8-12-21(25)17-20-10-6-7-11-20)30-27(32)24-26(37-19(3)31)23(34-4)14-15-29-24/h14-15,18,20-22,25H,5-13,16-17H2,1-4H3,(H,30,32)/t18-,21+,22-,25-/m0/s1. The number of nitrogens with zero attached hydrogens (tertiary/aromatic N) is 1. The molecule has 9 heteroatoms. The molecule has 37 heavy (non-hydrogen) atoms. The fourth-order valence-corrected chi connectivity index (χ4v) is 5.56. The van der Waals surface area contributed by atoms with Crippen molar-refractivity contribution in [1.29, 1.82) is 0 Å². The number of ether oxygens (including phenoxy) is 4. The molecule has 9 nitrogen and oxygen atoms in total. The number of methoxy groups -OCH3 is 1. The summed E-state index contributed by atoms with van der Waals surface area (Å²) >= 11 is 0. The van der Waals surface area contributed by atoms with Gasteiger partial charge in [0.15, 0.2) is 11.4 Å². The number of aromatic nitrogens is 1. The van der Waals surface area contributed by atoms with E-state index in [2.05, 4.69) is 17.2 Å². The van der Waals surface area contributed by atoms with Crippen LogP contribution in [0.2, 0.25) is 0 Å². The molecule has 1 aliphatic heterocycles. The summed E-state index contributed by atoms with van der Waals surface area (Å²) < 4.78 is 22.6. The van der Waals surface area contributed by atoms with E-state index < -0.39 is 30.0 Å². The quantitative estimate of drug-likeness (QED) is 0.472. The van der Waals surface area contributed by atoms with Gasteiger partial charge in [-0.3, -0.25) is 9.59 Å². The van der Waals surface area contributed by atoms with Crippen molar-refractivity contribution < 1.29 is 33.3 Å². The van der Waals surface area contributed by atoms with Crippen LogP contribution in [0.5, 0.6) is 11.5 Å². The Kier molecular flexibility index (Phi) is 11.2. The first-order valence-electron chi connectivity index (χ1n) is 13.7. The summed E-state index contributed by atoms with van der Waals surface area (Å²) in [5.41, 5.74) is -0.131. The Labute approximate surface area is 220 Å². The normalized spacial score (nSPS) is 25.2. The third-order valence-corrected chi connectivity index (χ3v) is 7.31. The summed E-state index contributed by atoms with van der Waals surface area (Å²) in [6.45, 7) is 5.81. The van der Waals surface area contributed by atoms with Crippen LogP contribution in [0, 0.1) is 11.8 Å². The number of esters is 2. The van der Waals surface area contributed by atoms with E-state index >= 15 is 0 Å². The van der Waals surface area contributed by atoms with E-state index in [0.29, 0.717) is 18.9 Å². The van der Waals surface area contributed by atoms with E-state index in [0.717, 1.165) is 38.0 Å². The number of carbonyl (C=O) groups is 3. The largest absolute Gasteiger partial charge is 0.493 e. The first-order chi connectivity index (χ1) is 17.8. The Morgan fingerprint density at radius 2 is 1.84 bits per heavy atom. The van der Waals surface area contributed by atoms with Crippen molar-refractivity contribution in [3.63, 3.8) is 0 Å². The minimum atomic E-state index is -0.855. The summed E-state index contributed by atoms with van der Waals surface area (Å²) in [6.07, 6.45) is 11.1. The first kappa shape index (κ1) is 28.9. The first-order valence-corrected chi connectivity index (χ1v) is 13.7. The number of carbonyl (C=O) groups excluding carboxylic acids is 3. The van der Waals surface area contributed by atoms with Crippen LogP contribution in [0.4, 0.5) is 0 Å². The number of hydrogen-bond donors (Lipinski definition) is 1. The highest BCUT2D eigenvalue weighted by Gasteiger charge is 2.36. The zero-order valence-corrected chi connectivity index (χ0v) is 22.6. The van der Waals surface area contributed by atoms with Gasteiger partial charge in [0.1, 0.15) is 12.1 Å². The van der Waals surface area contributed by atoms with Crippen LogP contribution < -0.4 is 14.8 Å². The van der Waals surface area contributed by atoms with Crippen LogP contribution in [-0.4, -0.2) is 54.8 Å². The molecular formula is C28H42N2O7. The van der Waals surface area contributed by atoms with Gasteiger partial charge in [-0.15, -0.1) is 0 Å². The average molecular weight is 519 g/mol. The molecule has 0 unspecified atom stereocenters. The summed E-state index contributed by atoms with van der Waals surface area (Å²) in [6, 6.07) is 0.638. The molecular weight excluding hydrogens is 476 g/mol. The molecule has 4 atom stereocenters. The smallest absolute Gasteiger partial charge is 0.329 e. The van der Waals surface area contributed by atoms with E-state index in [-0.39, 0.29) is 23.3 Å². The molecule has 1 amide bonds. The van der Waals surface area contributed by atoms with Gasteiger partial charge in [-0.25, -0.2) is 9.78 Å². The van der Waals surface area contributed by atoms with Crippen molar-refractivity contribution in [2.75, 3.05) is 13.7 Å². The predicted molar refractivity (Wildman–Crippen MR) is 137 cm³/mol. The third-order valence-electron chi connectivity index (χ3n) is 7.31. The van der Waals surface area contributed by atoms with E-state index in [1.165, 1.54) is 52.0 Å². The zero-order valence-electron chi connectivity index (χ0n) is 22.6. The molecule has 0 radical (unpaired) electrons. The lowest BCUT2D eigenvalue weighted by Gasteiger charge is -2.35. The second-order valence-electron chi connectivity index (χ2n) is 10.2. The predicted octanol–water partition coefficient (Wildman–Crippen LogP) is 4.61. The molecule has 1 aromatic rings. The number of pyridine rings is 1. The highest BCUT2D eigenvalue weighted by molar-refractivity contribution is 5.98. The Morgan fingerprint density at radius 1 is 1.14 bits per heavy atom. The van der Waals surface area contributed by atoms with Crippen molar-refractivity contribution in [3.05, 3.63) is 18.0 Å². The van der Waals surface area contributed by atoms with Gasteiger partial charge < -0.3 is 24.3 Å². The molecule has 3 rings (SSSR count). The van der Waals surface area contributed by atoms with Gasteiger partial charge in [0.25, 0.3) is 5.91 Å². The van der Waals surface area contributed by atoms with E-state index in [9.17, 15) is 14.4 Å². The number of rotatable bonds is 9. The number of nitrogens with one attached hydrogen (secondary N) is 1. The van der Waals surface area contributed by atoms with Crippen molar-refractivity contribution >= 4 is 17.8 Å². The summed E-state index contributed by atoms with van der Waals surface area (Å²) in [7, 11) is 1.40. The lowest BCUT2D eigenvalue weighted by Crippen LogP contribution is -2.46. The van der Waals surface area contributed by atoms with Gasteiger partial charge >= 0.3 is 11.9 Å². The maximum absolute atomic E-state index is 13.2. The molecule has 1 N–H and O–H groups in total. The van der Waals surface area contributed by atoms with Gasteiger partial charge in [0.05, 0.1) is 13.2 Å². The second-order valence-corrected chi connectivity index (χ2v) is 10.2. The summed E-state index contributed by atoms with van der Waals surface area (Å²) in [5, 5.41) is 2.75. The van der Waals surface area contributed by atoms with E-state index in [4.69, 9.17) is 18.9 Å². The lowest BCUT2D eigenvalue weighted by atomic mass is 9.83. The van der Waals surface area contributed by atoms with E-state index in [1.54, 1.807) is 0 Å². The van der Waals surface area contributed by atoms with Crippen LogP contribution >= 0.6 is 0 Å². The molecule has 2 fully saturated rings. The van der Waals surface area contributed by atoms with Crippen molar-refractivity contribution in [2.45, 2.75) is 103 Å². The van der Waals surface area contributed by atoms with Crippen molar-refractivity contribution in [2.24, 2.45) is 11.8 Å². The molecule has 2 heterocycles. The van der Waals surface area contributed by atoms with Crippen LogP contribution in [-0.2, 0) is 19.1 Å². The van der Waals surface area contributed by atoms with Crippen LogP contribution in [0.25, 0.3) is 0 Å². The minimum absolute atomic E-state index is 0.0839. The van der Waals surface area contributed by atoms with Crippen LogP contribution in [0.1, 0.15) is 95.5 Å². The molecule has 206 valence electrons. The van der Waals surface area contributed by atoms with Gasteiger partial charge in [-0.1, -0.05) is 45.4 Å². The van der Waals surface area contributed by atoms with Crippen molar-refractivity contribution in [1.82, 2.24) is 10.3 Å². The SMILES string of the molecule is CCCO[C@@H]1[C@@H](CC2CCCC2)CCCC[C@H](NC(=O)c2nccc(OC)c2OC(C)=O)C(=O)O[C@H]1C. The highest BCUT2D eigenvalue weighted by Crippen LogP contribution is 2.36. The minimum Gasteiger partial charge on any atom is -0.493 e. The molecule has 1 saturated carbocycles. The van der Waals surface area contributed by atoms with Gasteiger partial charge in [-0.05, 0) is 44.4 Å². The van der Waals surface area contributed by atoms with Gasteiger partial charge in [0, 0.05) is 25.8 Å². The lowest BCUT2D eigenvalue weighted by molar-refractivity contribution is -0.163. The third kappa shape index (κ3) is 8.15. The van der Waals surface area contributed by atoms with Gasteiger partial charge in [-0.2, -0.15) is 0 Å². The number of amides is 1. The Hall–Kier alpha value is -2.68. The monoisotopic (exact) mass is 518 g/mol. The fourth-order valence-electron chi connectivity index (χ4n) is 5.56. The topological polar surface area (TPSA) is 113 Å². The van der Waals surface area contributed by atoms with E-state index in [1.807, 2.05) is 6.92 Å². The maximum Gasteiger partial charge on any atom is 0.329 e. The van der Waals surface area contributed by atoms with Crippen LogP contribution in [0.3, 0.4) is 0 Å². The fraction of sp³-hybridized carbons (Fsp3) is 0.714. The summed E-state index contributed by atoms with van der Waals surface area (Å²) in [5.74, 6) is -0.573. The highest BCUT2D eigenvalue weighted by atomic mass is 16.6. The molecule has 1 aliphatic carbocycles.